The topological polar surface area (TPSA) is 67.2 Å². The smallest absolute Gasteiger partial charge is 0.163 e. The van der Waals surface area contributed by atoms with Crippen LogP contribution in [0.2, 0.25) is 0 Å². The number of thiazole rings is 1. The van der Waals surface area contributed by atoms with Crippen molar-refractivity contribution >= 4 is 22.6 Å². The molecule has 0 radical (unpaired) electrons. The molecule has 0 aliphatic carbocycles. The minimum Gasteiger partial charge on any atom is -0.490 e. The summed E-state index contributed by atoms with van der Waals surface area (Å²) in [5.41, 5.74) is 2.22. The number of aryl methyl sites for hydroxylation is 1. The second-order valence-corrected chi connectivity index (χ2v) is 5.49. The van der Waals surface area contributed by atoms with E-state index in [1.54, 1.807) is 6.20 Å². The highest BCUT2D eigenvalue weighted by Crippen LogP contribution is 2.31. The van der Waals surface area contributed by atoms with Gasteiger partial charge in [-0.15, -0.1) is 11.3 Å². The van der Waals surface area contributed by atoms with E-state index >= 15 is 0 Å². The first-order valence-corrected chi connectivity index (χ1v) is 8.24. The predicted octanol–water partition coefficient (Wildman–Crippen LogP) is 4.23. The van der Waals surface area contributed by atoms with Crippen molar-refractivity contribution in [1.82, 2.24) is 4.98 Å². The van der Waals surface area contributed by atoms with Gasteiger partial charge in [-0.25, -0.2) is 4.98 Å². The first-order chi connectivity index (χ1) is 11.2. The van der Waals surface area contributed by atoms with Crippen LogP contribution in [0.5, 0.6) is 11.5 Å². The number of rotatable bonds is 7. The summed E-state index contributed by atoms with van der Waals surface area (Å²) >= 11 is 1.45. The number of benzene rings is 1. The van der Waals surface area contributed by atoms with Crippen molar-refractivity contribution in [2.75, 3.05) is 18.5 Å². The van der Waals surface area contributed by atoms with Gasteiger partial charge in [-0.05, 0) is 32.9 Å². The molecule has 2 rings (SSSR count). The fourth-order valence-corrected chi connectivity index (χ4v) is 2.68. The molecule has 1 aromatic heterocycles. The van der Waals surface area contributed by atoms with Gasteiger partial charge in [0.05, 0.1) is 13.2 Å². The number of allylic oxidation sites excluding steroid dienone is 1. The Morgan fingerprint density at radius 1 is 1.30 bits per heavy atom. The van der Waals surface area contributed by atoms with Crippen LogP contribution in [0.15, 0.2) is 29.8 Å². The molecule has 120 valence electrons. The number of anilines is 1. The van der Waals surface area contributed by atoms with Crippen LogP contribution in [0.1, 0.15) is 24.5 Å². The van der Waals surface area contributed by atoms with E-state index in [2.05, 4.69) is 16.4 Å². The van der Waals surface area contributed by atoms with E-state index in [4.69, 9.17) is 9.47 Å². The normalized spacial score (nSPS) is 11.0. The second-order valence-electron chi connectivity index (χ2n) is 4.64. The molecule has 0 aliphatic rings. The molecule has 0 saturated carbocycles. The maximum Gasteiger partial charge on any atom is 0.163 e. The van der Waals surface area contributed by atoms with Crippen molar-refractivity contribution in [2.24, 2.45) is 0 Å². The second kappa shape index (κ2) is 8.20. The molecule has 6 heteroatoms. The molecule has 0 aliphatic heterocycles. The molecule has 23 heavy (non-hydrogen) atoms. The van der Waals surface area contributed by atoms with Crippen LogP contribution in [0, 0.1) is 18.3 Å². The van der Waals surface area contributed by atoms with Crippen LogP contribution >= 0.6 is 11.3 Å². The van der Waals surface area contributed by atoms with Crippen LogP contribution in [0.3, 0.4) is 0 Å². The molecule has 0 spiro atoms. The van der Waals surface area contributed by atoms with Crippen LogP contribution in [0.25, 0.3) is 5.57 Å². The van der Waals surface area contributed by atoms with Crippen molar-refractivity contribution in [1.29, 1.82) is 5.26 Å². The Kier molecular flexibility index (Phi) is 6.01. The summed E-state index contributed by atoms with van der Waals surface area (Å²) in [5, 5.41) is 15.0. The maximum atomic E-state index is 9.28. The van der Waals surface area contributed by atoms with E-state index in [9.17, 15) is 5.26 Å². The van der Waals surface area contributed by atoms with Crippen molar-refractivity contribution in [3.8, 4) is 17.6 Å². The van der Waals surface area contributed by atoms with Gasteiger partial charge in [-0.1, -0.05) is 0 Å². The predicted molar refractivity (Wildman–Crippen MR) is 92.8 cm³/mol. The van der Waals surface area contributed by atoms with Gasteiger partial charge < -0.3 is 14.8 Å². The Balaban J connectivity index is 2.20. The third-order valence-electron chi connectivity index (χ3n) is 2.90. The van der Waals surface area contributed by atoms with Gasteiger partial charge in [0.1, 0.15) is 16.6 Å². The van der Waals surface area contributed by atoms with Gasteiger partial charge >= 0.3 is 0 Å². The van der Waals surface area contributed by atoms with E-state index in [1.807, 2.05) is 44.4 Å². The summed E-state index contributed by atoms with van der Waals surface area (Å²) in [5.74, 6) is 1.39. The number of hydrogen-bond donors (Lipinski definition) is 1. The van der Waals surface area contributed by atoms with Gasteiger partial charge in [0.25, 0.3) is 0 Å². The van der Waals surface area contributed by atoms with Gasteiger partial charge in [0, 0.05) is 29.0 Å². The molecule has 0 unspecified atom stereocenters. The molecule has 1 heterocycles. The third kappa shape index (κ3) is 4.47. The Labute approximate surface area is 140 Å². The van der Waals surface area contributed by atoms with Crippen molar-refractivity contribution in [3.05, 3.63) is 40.5 Å². The molecular formula is C17H19N3O2S. The van der Waals surface area contributed by atoms with Gasteiger partial charge in [0.15, 0.2) is 11.5 Å². The molecule has 1 aromatic carbocycles. The molecule has 0 saturated heterocycles. The Bertz CT molecular complexity index is 732. The fourth-order valence-electron chi connectivity index (χ4n) is 1.92. The monoisotopic (exact) mass is 329 g/mol. The lowest BCUT2D eigenvalue weighted by Crippen LogP contribution is -1.99. The molecular weight excluding hydrogens is 310 g/mol. The highest BCUT2D eigenvalue weighted by atomic mass is 32.1. The number of nitrogens with zero attached hydrogens (tertiary/aromatic N) is 2. The van der Waals surface area contributed by atoms with Gasteiger partial charge in [-0.2, -0.15) is 5.26 Å². The number of nitrogens with one attached hydrogen (secondary N) is 1. The molecule has 0 atom stereocenters. The molecule has 0 fully saturated rings. The first kappa shape index (κ1) is 16.8. The largest absolute Gasteiger partial charge is 0.490 e. The lowest BCUT2D eigenvalue weighted by atomic mass is 10.2. The zero-order valence-electron chi connectivity index (χ0n) is 13.4. The van der Waals surface area contributed by atoms with Crippen LogP contribution in [-0.2, 0) is 0 Å². The summed E-state index contributed by atoms with van der Waals surface area (Å²) < 4.78 is 11.1. The van der Waals surface area contributed by atoms with Crippen molar-refractivity contribution in [2.45, 2.75) is 20.8 Å². The maximum absolute atomic E-state index is 9.28. The summed E-state index contributed by atoms with van der Waals surface area (Å²) in [7, 11) is 0. The molecule has 1 N–H and O–H groups in total. The number of hydrogen-bond acceptors (Lipinski definition) is 6. The quantitative estimate of drug-likeness (QED) is 0.770. The van der Waals surface area contributed by atoms with E-state index in [0.717, 1.165) is 11.4 Å². The Morgan fingerprint density at radius 3 is 2.65 bits per heavy atom. The standard InChI is InChI=1S/C17H19N3O2S/c1-4-21-15-7-6-14(8-16(15)22-5-2)19-10-13(9-18)17-20-12(3)11-23-17/h6-8,10-11,19H,4-5H2,1-3H3/b13-10+. The van der Waals surface area contributed by atoms with Gasteiger partial charge in [-0.3, -0.25) is 0 Å². The highest BCUT2D eigenvalue weighted by molar-refractivity contribution is 7.10. The SMILES string of the molecule is CCOc1ccc(N/C=C(\C#N)c2nc(C)cs2)cc1OCC. The lowest BCUT2D eigenvalue weighted by Gasteiger charge is -2.12. The van der Waals surface area contributed by atoms with E-state index < -0.39 is 0 Å². The minimum atomic E-state index is 0.495. The molecule has 0 amide bonds. The average Bonchev–Trinajstić information content (AvgIpc) is 2.97. The third-order valence-corrected chi connectivity index (χ3v) is 3.89. The summed E-state index contributed by atoms with van der Waals surface area (Å²) in [6.45, 7) is 6.90. The highest BCUT2D eigenvalue weighted by Gasteiger charge is 2.07. The minimum absolute atomic E-state index is 0.495. The van der Waals surface area contributed by atoms with Crippen LogP contribution in [0.4, 0.5) is 5.69 Å². The zero-order valence-corrected chi connectivity index (χ0v) is 14.2. The lowest BCUT2D eigenvalue weighted by molar-refractivity contribution is 0.288. The first-order valence-electron chi connectivity index (χ1n) is 7.36. The van der Waals surface area contributed by atoms with Gasteiger partial charge in [0.2, 0.25) is 0 Å². The number of ether oxygens (including phenoxy) is 2. The summed E-state index contributed by atoms with van der Waals surface area (Å²) in [6, 6.07) is 7.75. The Hall–Kier alpha value is -2.52. The average molecular weight is 329 g/mol. The fraction of sp³-hybridized carbons (Fsp3) is 0.294. The zero-order chi connectivity index (χ0) is 16.7. The van der Waals surface area contributed by atoms with E-state index in [1.165, 1.54) is 11.3 Å². The Morgan fingerprint density at radius 2 is 2.04 bits per heavy atom. The summed E-state index contributed by atoms with van der Waals surface area (Å²) in [4.78, 5) is 4.32. The molecule has 5 nitrogen and oxygen atoms in total. The molecule has 0 bridgehead atoms. The van der Waals surface area contributed by atoms with E-state index in [-0.39, 0.29) is 0 Å². The van der Waals surface area contributed by atoms with Crippen molar-refractivity contribution in [3.63, 3.8) is 0 Å². The number of nitriles is 1. The van der Waals surface area contributed by atoms with E-state index in [0.29, 0.717) is 35.3 Å². The van der Waals surface area contributed by atoms with Crippen molar-refractivity contribution < 1.29 is 9.47 Å². The molecule has 2 aromatic rings. The number of aromatic nitrogens is 1. The summed E-state index contributed by atoms with van der Waals surface area (Å²) in [6.07, 6.45) is 1.66. The van der Waals surface area contributed by atoms with Crippen LogP contribution < -0.4 is 14.8 Å². The van der Waals surface area contributed by atoms with Crippen LogP contribution in [-0.4, -0.2) is 18.2 Å².